The zero-order valence-electron chi connectivity index (χ0n) is 29.4. The quantitative estimate of drug-likeness (QED) is 0.175. The molecule has 0 radical (unpaired) electrons. The molecule has 4 fully saturated rings. The van der Waals surface area contributed by atoms with Crippen LogP contribution in [0.1, 0.15) is 86.4 Å². The van der Waals surface area contributed by atoms with Gasteiger partial charge in [-0.1, -0.05) is 47.7 Å². The van der Waals surface area contributed by atoms with E-state index in [2.05, 4.69) is 10.3 Å². The number of carbonyl (C=O) groups excluding carboxylic acids is 2. The van der Waals surface area contributed by atoms with Crippen LogP contribution in [0.5, 0.6) is 0 Å². The number of rotatable bonds is 7. The first-order valence-corrected chi connectivity index (χ1v) is 19.1. The molecule has 0 atom stereocenters. The fraction of sp³-hybridized carbons (Fsp3) is 0.357. The monoisotopic (exact) mass is 711 g/mol. The molecule has 3 heterocycles. The number of aromatic nitrogens is 2. The SMILES string of the molecule is Cc1c(C(=O)N(C)C23CC4CC(CC(C4)C2)C3)cccc1-c1ccc(N2CCc3cccc(C(=O)Nc4nc5ccccc5s4)c3C2)nc1C(=O)O. The van der Waals surface area contributed by atoms with Crippen LogP contribution < -0.4 is 10.2 Å². The van der Waals surface area contributed by atoms with Gasteiger partial charge < -0.3 is 14.9 Å². The number of nitrogens with one attached hydrogen (secondary N) is 1. The second-order valence-corrected chi connectivity index (χ2v) is 16.4. The molecule has 2 N–H and O–H groups in total. The molecule has 4 aliphatic carbocycles. The maximum absolute atomic E-state index is 14.2. The predicted molar refractivity (Wildman–Crippen MR) is 203 cm³/mol. The Morgan fingerprint density at radius 3 is 2.31 bits per heavy atom. The van der Waals surface area contributed by atoms with Crippen molar-refractivity contribution >= 4 is 50.3 Å². The highest BCUT2D eigenvalue weighted by atomic mass is 32.1. The fourth-order valence-electron chi connectivity index (χ4n) is 10.1. The van der Waals surface area contributed by atoms with E-state index in [0.717, 1.165) is 63.9 Å². The van der Waals surface area contributed by atoms with Gasteiger partial charge in [-0.25, -0.2) is 14.8 Å². The molecule has 2 amide bonds. The molecule has 2 aromatic heterocycles. The normalized spacial score (nSPS) is 23.0. The van der Waals surface area contributed by atoms with E-state index in [1.54, 1.807) is 0 Å². The van der Waals surface area contributed by atoms with Crippen LogP contribution in [0.25, 0.3) is 21.3 Å². The molecular weight excluding hydrogens is 671 g/mol. The Bertz CT molecular complexity index is 2210. The van der Waals surface area contributed by atoms with Crippen LogP contribution in [-0.2, 0) is 13.0 Å². The van der Waals surface area contributed by atoms with Crippen molar-refractivity contribution in [2.45, 2.75) is 64.0 Å². The van der Waals surface area contributed by atoms with Gasteiger partial charge in [0.05, 0.1) is 10.2 Å². The van der Waals surface area contributed by atoms with Gasteiger partial charge in [0.25, 0.3) is 11.8 Å². The third-order valence-electron chi connectivity index (χ3n) is 12.3. The van der Waals surface area contributed by atoms with Crippen molar-refractivity contribution < 1.29 is 19.5 Å². The van der Waals surface area contributed by atoms with E-state index in [4.69, 9.17) is 4.98 Å². The van der Waals surface area contributed by atoms with Crippen molar-refractivity contribution in [2.24, 2.45) is 17.8 Å². The number of carboxylic acids is 1. The fourth-order valence-corrected chi connectivity index (χ4v) is 11.0. The van der Waals surface area contributed by atoms with E-state index >= 15 is 0 Å². The van der Waals surface area contributed by atoms with Crippen LogP contribution in [0.3, 0.4) is 0 Å². The molecule has 10 rings (SSSR count). The number of nitrogens with zero attached hydrogens (tertiary/aromatic N) is 4. The van der Waals surface area contributed by atoms with Gasteiger partial charge in [0.15, 0.2) is 10.8 Å². The predicted octanol–water partition coefficient (Wildman–Crippen LogP) is 8.22. The number of thiazole rings is 1. The zero-order chi connectivity index (χ0) is 35.7. The van der Waals surface area contributed by atoms with Gasteiger partial charge in [0.1, 0.15) is 5.82 Å². The Morgan fingerprint density at radius 2 is 1.58 bits per heavy atom. The molecule has 9 nitrogen and oxygen atoms in total. The number of amides is 2. The van der Waals surface area contributed by atoms with Gasteiger partial charge in [-0.3, -0.25) is 14.9 Å². The van der Waals surface area contributed by atoms with Crippen molar-refractivity contribution in [3.63, 3.8) is 0 Å². The molecule has 1 aliphatic heterocycles. The van der Waals surface area contributed by atoms with E-state index in [9.17, 15) is 19.5 Å². The molecule has 5 aliphatic rings. The smallest absolute Gasteiger partial charge is 0.355 e. The summed E-state index contributed by atoms with van der Waals surface area (Å²) in [6.07, 6.45) is 7.87. The Kier molecular flexibility index (Phi) is 7.91. The first-order valence-electron chi connectivity index (χ1n) is 18.3. The summed E-state index contributed by atoms with van der Waals surface area (Å²) in [5, 5.41) is 14.0. The number of hydrogen-bond acceptors (Lipinski definition) is 7. The van der Waals surface area contributed by atoms with Crippen molar-refractivity contribution in [1.29, 1.82) is 0 Å². The van der Waals surface area contributed by atoms with Crippen LogP contribution in [0.15, 0.2) is 72.8 Å². The van der Waals surface area contributed by atoms with Crippen LogP contribution >= 0.6 is 11.3 Å². The lowest BCUT2D eigenvalue weighted by Gasteiger charge is -2.59. The Hall–Kier alpha value is -5.09. The van der Waals surface area contributed by atoms with E-state index in [1.165, 1.54) is 30.6 Å². The van der Waals surface area contributed by atoms with Crippen molar-refractivity contribution in [3.8, 4) is 11.1 Å². The molecule has 10 heteroatoms. The Balaban J connectivity index is 0.982. The topological polar surface area (TPSA) is 116 Å². The third-order valence-corrected chi connectivity index (χ3v) is 13.3. The minimum Gasteiger partial charge on any atom is -0.476 e. The first kappa shape index (κ1) is 32.8. The second kappa shape index (κ2) is 12.5. The summed E-state index contributed by atoms with van der Waals surface area (Å²) < 4.78 is 1.00. The average molecular weight is 712 g/mol. The van der Waals surface area contributed by atoms with Gasteiger partial charge in [-0.2, -0.15) is 0 Å². The number of hydrogen-bond donors (Lipinski definition) is 2. The maximum Gasteiger partial charge on any atom is 0.355 e. The molecule has 5 aromatic rings. The highest BCUT2D eigenvalue weighted by Crippen LogP contribution is 2.57. The van der Waals surface area contributed by atoms with Crippen molar-refractivity contribution in [3.05, 3.63) is 106 Å². The summed E-state index contributed by atoms with van der Waals surface area (Å²) in [5.41, 5.74) is 5.78. The average Bonchev–Trinajstić information content (AvgIpc) is 3.55. The molecule has 0 unspecified atom stereocenters. The number of fused-ring (bicyclic) bond motifs is 2. The Morgan fingerprint density at radius 1 is 0.865 bits per heavy atom. The minimum absolute atomic E-state index is 0.0118. The number of anilines is 2. The summed E-state index contributed by atoms with van der Waals surface area (Å²) in [4.78, 5) is 53.9. The molecule has 264 valence electrons. The summed E-state index contributed by atoms with van der Waals surface area (Å²) in [6.45, 7) is 2.95. The lowest BCUT2D eigenvalue weighted by atomic mass is 9.52. The van der Waals surface area contributed by atoms with E-state index in [1.807, 2.05) is 96.6 Å². The van der Waals surface area contributed by atoms with Gasteiger partial charge in [-0.15, -0.1) is 0 Å². The van der Waals surface area contributed by atoms with E-state index in [-0.39, 0.29) is 23.0 Å². The number of para-hydroxylation sites is 1. The Labute approximate surface area is 306 Å². The molecule has 4 bridgehead atoms. The molecular formula is C42H41N5O4S. The lowest BCUT2D eigenvalue weighted by Crippen LogP contribution is -2.60. The highest BCUT2D eigenvalue weighted by Gasteiger charge is 2.54. The summed E-state index contributed by atoms with van der Waals surface area (Å²) >= 11 is 1.43. The van der Waals surface area contributed by atoms with Gasteiger partial charge >= 0.3 is 5.97 Å². The summed E-state index contributed by atoms with van der Waals surface area (Å²) in [6, 6.07) is 22.8. The molecule has 52 heavy (non-hydrogen) atoms. The van der Waals surface area contributed by atoms with Crippen molar-refractivity contribution in [2.75, 3.05) is 23.8 Å². The number of aromatic carboxylic acids is 1. The standard InChI is InChI=1S/C42H41N5O4S/c1-24-29(8-6-9-30(24)39(49)46(2)42-20-25-17-26(21-42)19-27(18-25)22-42)31-13-14-36(44-37(31)40(50)51)47-16-15-28-7-5-10-32(33(28)23-47)38(48)45-41-43-34-11-3-4-12-35(34)52-41/h3-14,25-27H,15-23H2,1-2H3,(H,50,51)(H,43,45,48). The number of carboxylic acid groups (broad SMARTS) is 1. The van der Waals surface area contributed by atoms with Crippen LogP contribution in [0, 0.1) is 24.7 Å². The van der Waals surface area contributed by atoms with Gasteiger partial charge in [-0.05, 0) is 128 Å². The first-order chi connectivity index (χ1) is 25.2. The molecule has 0 spiro atoms. The summed E-state index contributed by atoms with van der Waals surface area (Å²) in [5.74, 6) is 1.34. The van der Waals surface area contributed by atoms with Crippen molar-refractivity contribution in [1.82, 2.24) is 14.9 Å². The number of carbonyl (C=O) groups is 3. The van der Waals surface area contributed by atoms with Crippen LogP contribution in [0.4, 0.5) is 10.9 Å². The van der Waals surface area contributed by atoms with E-state index in [0.29, 0.717) is 52.7 Å². The van der Waals surface area contributed by atoms with Gasteiger partial charge in [0.2, 0.25) is 0 Å². The lowest BCUT2D eigenvalue weighted by molar-refractivity contribution is -0.0665. The molecule has 3 aromatic carbocycles. The van der Waals surface area contributed by atoms with Gasteiger partial charge in [0, 0.05) is 42.4 Å². The van der Waals surface area contributed by atoms with E-state index < -0.39 is 5.97 Å². The largest absolute Gasteiger partial charge is 0.476 e. The number of pyridine rings is 1. The molecule has 4 saturated carbocycles. The second-order valence-electron chi connectivity index (χ2n) is 15.4. The maximum atomic E-state index is 14.2. The van der Waals surface area contributed by atoms with Crippen LogP contribution in [-0.4, -0.2) is 56.9 Å². The number of benzene rings is 3. The zero-order valence-corrected chi connectivity index (χ0v) is 30.2. The third kappa shape index (κ3) is 5.55. The van der Waals surface area contributed by atoms with Crippen LogP contribution in [0.2, 0.25) is 0 Å². The summed E-state index contributed by atoms with van der Waals surface area (Å²) in [7, 11) is 1.98. The highest BCUT2D eigenvalue weighted by molar-refractivity contribution is 7.22. The molecule has 0 saturated heterocycles. The minimum atomic E-state index is -1.13.